The highest BCUT2D eigenvalue weighted by molar-refractivity contribution is 6.09. The fourth-order valence-corrected chi connectivity index (χ4v) is 1.88. The first kappa shape index (κ1) is 14.7. The smallest absolute Gasteiger partial charge is 0.193 e. The molecule has 2 aromatic carbocycles. The van der Waals surface area contributed by atoms with Gasteiger partial charge in [-0.2, -0.15) is 0 Å². The van der Waals surface area contributed by atoms with Crippen LogP contribution in [0.2, 0.25) is 0 Å². The van der Waals surface area contributed by atoms with Crippen molar-refractivity contribution in [3.05, 3.63) is 59.7 Å². The molecule has 0 aliphatic carbocycles. The van der Waals surface area contributed by atoms with Crippen molar-refractivity contribution in [3.63, 3.8) is 0 Å². The molecule has 0 bridgehead atoms. The van der Waals surface area contributed by atoms with Crippen LogP contribution in [-0.4, -0.2) is 17.5 Å². The highest BCUT2D eigenvalue weighted by Crippen LogP contribution is 2.18. The third-order valence-corrected chi connectivity index (χ3v) is 2.96. The van der Waals surface area contributed by atoms with Crippen LogP contribution in [0.5, 0.6) is 11.5 Å². The summed E-state index contributed by atoms with van der Waals surface area (Å²) in [4.78, 5) is 12.2. The Bertz CT molecular complexity index is 651. The molecule has 3 nitrogen and oxygen atoms in total. The van der Waals surface area contributed by atoms with Crippen LogP contribution in [0.1, 0.15) is 28.8 Å². The van der Waals surface area contributed by atoms with Gasteiger partial charge in [0.1, 0.15) is 11.5 Å². The van der Waals surface area contributed by atoms with Gasteiger partial charge in [0, 0.05) is 17.5 Å². The second-order valence-corrected chi connectivity index (χ2v) is 4.56. The number of ketones is 1. The summed E-state index contributed by atoms with van der Waals surface area (Å²) in [5, 5.41) is 9.41. The Morgan fingerprint density at radius 1 is 1.14 bits per heavy atom. The summed E-state index contributed by atoms with van der Waals surface area (Å²) in [6.07, 6.45) is 6.66. The minimum atomic E-state index is -0.134. The van der Waals surface area contributed by atoms with Gasteiger partial charge in [-0.1, -0.05) is 12.1 Å². The largest absolute Gasteiger partial charge is 0.508 e. The van der Waals surface area contributed by atoms with Crippen LogP contribution in [0.25, 0.3) is 0 Å². The van der Waals surface area contributed by atoms with Crippen molar-refractivity contribution in [2.24, 2.45) is 0 Å². The Morgan fingerprint density at radius 3 is 2.57 bits per heavy atom. The normalized spacial score (nSPS) is 9.86. The quantitative estimate of drug-likeness (QED) is 0.501. The fraction of sp³-hybridized carbons (Fsp3) is 0.167. The van der Waals surface area contributed by atoms with E-state index in [1.165, 1.54) is 12.1 Å². The number of phenolic OH excluding ortho intramolecular Hbond substituents is 1. The molecule has 0 saturated heterocycles. The number of aromatic hydroxyl groups is 1. The van der Waals surface area contributed by atoms with Crippen molar-refractivity contribution in [2.75, 3.05) is 6.61 Å². The molecule has 0 aliphatic rings. The van der Waals surface area contributed by atoms with Gasteiger partial charge in [0.15, 0.2) is 5.78 Å². The molecule has 0 amide bonds. The van der Waals surface area contributed by atoms with Crippen molar-refractivity contribution < 1.29 is 14.6 Å². The molecule has 0 aliphatic heterocycles. The molecule has 1 N–H and O–H groups in total. The molecule has 21 heavy (non-hydrogen) atoms. The van der Waals surface area contributed by atoms with Gasteiger partial charge in [-0.3, -0.25) is 4.79 Å². The van der Waals surface area contributed by atoms with E-state index < -0.39 is 0 Å². The van der Waals surface area contributed by atoms with Crippen LogP contribution in [-0.2, 0) is 0 Å². The lowest BCUT2D eigenvalue weighted by Gasteiger charge is -2.06. The van der Waals surface area contributed by atoms with E-state index in [1.54, 1.807) is 36.4 Å². The average Bonchev–Trinajstić information content (AvgIpc) is 2.51. The topological polar surface area (TPSA) is 46.5 Å². The SMILES string of the molecule is C#CCCCOc1ccc(C(=O)c2cccc(O)c2)cc1. The Kier molecular flexibility index (Phi) is 5.00. The molecule has 0 fully saturated rings. The zero-order valence-electron chi connectivity index (χ0n) is 11.6. The number of carbonyl (C=O) groups excluding carboxylic acids is 1. The lowest BCUT2D eigenvalue weighted by atomic mass is 10.0. The van der Waals surface area contributed by atoms with Gasteiger partial charge in [-0.05, 0) is 42.8 Å². The maximum Gasteiger partial charge on any atom is 0.193 e. The first-order valence-corrected chi connectivity index (χ1v) is 6.71. The van der Waals surface area contributed by atoms with Crippen LogP contribution in [0.4, 0.5) is 0 Å². The van der Waals surface area contributed by atoms with Gasteiger partial charge < -0.3 is 9.84 Å². The Balaban J connectivity index is 2.02. The zero-order chi connectivity index (χ0) is 15.1. The summed E-state index contributed by atoms with van der Waals surface area (Å²) < 4.78 is 5.52. The second kappa shape index (κ2) is 7.16. The molecular formula is C18H16O3. The second-order valence-electron chi connectivity index (χ2n) is 4.56. The number of ether oxygens (including phenoxy) is 1. The Hall–Kier alpha value is -2.73. The lowest BCUT2D eigenvalue weighted by molar-refractivity contribution is 0.103. The third kappa shape index (κ3) is 4.12. The van der Waals surface area contributed by atoms with Gasteiger partial charge in [0.05, 0.1) is 6.61 Å². The predicted octanol–water partition coefficient (Wildman–Crippen LogP) is 3.42. The molecule has 0 spiro atoms. The van der Waals surface area contributed by atoms with E-state index >= 15 is 0 Å². The molecule has 0 atom stereocenters. The summed E-state index contributed by atoms with van der Waals surface area (Å²) in [5.41, 5.74) is 1.01. The van der Waals surface area contributed by atoms with Crippen LogP contribution in [0.3, 0.4) is 0 Å². The molecule has 0 unspecified atom stereocenters. The van der Waals surface area contributed by atoms with E-state index in [4.69, 9.17) is 11.2 Å². The fourth-order valence-electron chi connectivity index (χ4n) is 1.88. The van der Waals surface area contributed by atoms with Crippen LogP contribution < -0.4 is 4.74 Å². The van der Waals surface area contributed by atoms with Gasteiger partial charge in [0.25, 0.3) is 0 Å². The van der Waals surface area contributed by atoms with Crippen molar-refractivity contribution >= 4 is 5.78 Å². The standard InChI is InChI=1S/C18H16O3/c1-2-3-4-12-21-17-10-8-14(9-11-17)18(20)15-6-5-7-16(19)13-15/h1,5-11,13,19H,3-4,12H2. The number of carbonyl (C=O) groups is 1. The van der Waals surface area contributed by atoms with Gasteiger partial charge in [-0.15, -0.1) is 12.3 Å². The first-order valence-electron chi connectivity index (χ1n) is 6.71. The van der Waals surface area contributed by atoms with Crippen molar-refractivity contribution in [3.8, 4) is 23.8 Å². The molecular weight excluding hydrogens is 264 g/mol. The molecule has 3 heteroatoms. The molecule has 106 valence electrons. The van der Waals surface area contributed by atoms with Gasteiger partial charge >= 0.3 is 0 Å². The highest BCUT2D eigenvalue weighted by Gasteiger charge is 2.09. The molecule has 0 radical (unpaired) electrons. The van der Waals surface area contributed by atoms with Crippen LogP contribution in [0.15, 0.2) is 48.5 Å². The van der Waals surface area contributed by atoms with E-state index in [9.17, 15) is 9.90 Å². The van der Waals surface area contributed by atoms with Gasteiger partial charge in [-0.25, -0.2) is 0 Å². The lowest BCUT2D eigenvalue weighted by Crippen LogP contribution is -2.01. The minimum absolute atomic E-state index is 0.0781. The van der Waals surface area contributed by atoms with Crippen molar-refractivity contribution in [2.45, 2.75) is 12.8 Å². The summed E-state index contributed by atoms with van der Waals surface area (Å²) in [7, 11) is 0. The number of phenols is 1. The predicted molar refractivity (Wildman–Crippen MR) is 81.5 cm³/mol. The van der Waals surface area contributed by atoms with E-state index in [0.29, 0.717) is 29.9 Å². The van der Waals surface area contributed by atoms with E-state index in [2.05, 4.69) is 5.92 Å². The summed E-state index contributed by atoms with van der Waals surface area (Å²) in [5.74, 6) is 3.21. The molecule has 0 aromatic heterocycles. The van der Waals surface area contributed by atoms with E-state index in [-0.39, 0.29) is 11.5 Å². The molecule has 0 heterocycles. The van der Waals surface area contributed by atoms with Crippen LogP contribution in [0, 0.1) is 12.3 Å². The molecule has 2 aromatic rings. The number of hydrogen-bond acceptors (Lipinski definition) is 3. The zero-order valence-corrected chi connectivity index (χ0v) is 11.6. The third-order valence-electron chi connectivity index (χ3n) is 2.96. The Labute approximate surface area is 124 Å². The maximum atomic E-state index is 12.2. The molecule has 0 saturated carbocycles. The maximum absolute atomic E-state index is 12.2. The number of rotatable bonds is 6. The van der Waals surface area contributed by atoms with Gasteiger partial charge in [0.2, 0.25) is 0 Å². The van der Waals surface area contributed by atoms with Crippen LogP contribution >= 0.6 is 0 Å². The van der Waals surface area contributed by atoms with Crippen molar-refractivity contribution in [1.29, 1.82) is 0 Å². The summed E-state index contributed by atoms with van der Waals surface area (Å²) >= 11 is 0. The number of terminal acetylenes is 1. The average molecular weight is 280 g/mol. The first-order chi connectivity index (χ1) is 10.2. The highest BCUT2D eigenvalue weighted by atomic mass is 16.5. The van der Waals surface area contributed by atoms with E-state index in [0.717, 1.165) is 6.42 Å². The number of hydrogen-bond donors (Lipinski definition) is 1. The monoisotopic (exact) mass is 280 g/mol. The summed E-state index contributed by atoms with van der Waals surface area (Å²) in [6.45, 7) is 0.560. The summed E-state index contributed by atoms with van der Waals surface area (Å²) in [6, 6.07) is 13.2. The number of unbranched alkanes of at least 4 members (excludes halogenated alkanes) is 1. The van der Waals surface area contributed by atoms with E-state index in [1.807, 2.05) is 0 Å². The molecule has 2 rings (SSSR count). The number of benzene rings is 2. The minimum Gasteiger partial charge on any atom is -0.508 e. The van der Waals surface area contributed by atoms with Crippen molar-refractivity contribution in [1.82, 2.24) is 0 Å². The Morgan fingerprint density at radius 2 is 1.90 bits per heavy atom.